The monoisotopic (exact) mass is 459 g/mol. The van der Waals surface area contributed by atoms with Gasteiger partial charge in [-0.05, 0) is 41.8 Å². The second kappa shape index (κ2) is 9.03. The number of hydrogen-bond donors (Lipinski definition) is 0. The van der Waals surface area contributed by atoms with Gasteiger partial charge in [0.15, 0.2) is 0 Å². The van der Waals surface area contributed by atoms with Crippen LogP contribution in [0.2, 0.25) is 0 Å². The molecule has 1 heterocycles. The first-order chi connectivity index (χ1) is 13.5. The van der Waals surface area contributed by atoms with Crippen molar-refractivity contribution in [2.24, 2.45) is 0 Å². The zero-order chi connectivity index (χ0) is 20.1. The lowest BCUT2D eigenvalue weighted by atomic mass is 10.1. The Kier molecular flexibility index (Phi) is 6.49. The number of rotatable bonds is 6. The van der Waals surface area contributed by atoms with Crippen molar-refractivity contribution in [1.29, 1.82) is 0 Å². The molecule has 3 rings (SSSR count). The molecule has 144 valence electrons. The van der Waals surface area contributed by atoms with Crippen molar-refractivity contribution in [3.8, 4) is 5.75 Å². The molecule has 0 spiro atoms. The third kappa shape index (κ3) is 4.43. The first kappa shape index (κ1) is 20.1. The predicted molar refractivity (Wildman–Crippen MR) is 113 cm³/mol. The molecular weight excluding hydrogens is 442 g/mol. The molecule has 3 aromatic rings. The number of benzene rings is 2. The molecule has 0 aliphatic heterocycles. The van der Waals surface area contributed by atoms with E-state index in [-0.39, 0.29) is 12.5 Å². The van der Waals surface area contributed by atoms with E-state index in [1.165, 1.54) is 16.2 Å². The van der Waals surface area contributed by atoms with Gasteiger partial charge in [0.25, 0.3) is 5.91 Å². The number of methoxy groups -OCH3 is 1. The quantitative estimate of drug-likeness (QED) is 0.478. The summed E-state index contributed by atoms with van der Waals surface area (Å²) in [5.74, 6) is -0.0540. The number of para-hydroxylation sites is 1. The van der Waals surface area contributed by atoms with Gasteiger partial charge in [0.05, 0.1) is 23.2 Å². The van der Waals surface area contributed by atoms with Crippen molar-refractivity contribution in [2.45, 2.75) is 6.61 Å². The van der Waals surface area contributed by atoms with Crippen molar-refractivity contribution < 1.29 is 19.1 Å². The Hall–Kier alpha value is -2.64. The van der Waals surface area contributed by atoms with Gasteiger partial charge in [0.2, 0.25) is 0 Å². The van der Waals surface area contributed by atoms with E-state index in [0.717, 1.165) is 10.0 Å². The normalized spacial score (nSPS) is 10.4. The standard InChI is InChI=1S/C21H18BrNO4S/c1-23(20(24)19-8-5-11-28-19)17-7-4-3-6-16(17)21(25)27-13-14-12-15(22)9-10-18(14)26-2/h3-12H,13H2,1-2H3. The highest BCUT2D eigenvalue weighted by Crippen LogP contribution is 2.26. The zero-order valence-corrected chi connectivity index (χ0v) is 17.7. The SMILES string of the molecule is COc1ccc(Br)cc1COC(=O)c1ccccc1N(C)C(=O)c1cccs1. The van der Waals surface area contributed by atoms with Crippen molar-refractivity contribution in [3.63, 3.8) is 0 Å². The van der Waals surface area contributed by atoms with Crippen LogP contribution in [-0.2, 0) is 11.3 Å². The average Bonchev–Trinajstić information content (AvgIpc) is 3.26. The van der Waals surface area contributed by atoms with Crippen LogP contribution in [0, 0.1) is 0 Å². The van der Waals surface area contributed by atoms with Crippen LogP contribution in [0.1, 0.15) is 25.6 Å². The molecular formula is C21H18BrNO4S. The Morgan fingerprint density at radius 2 is 1.89 bits per heavy atom. The van der Waals surface area contributed by atoms with E-state index in [0.29, 0.717) is 21.9 Å². The van der Waals surface area contributed by atoms with Crippen molar-refractivity contribution >= 4 is 44.8 Å². The minimum Gasteiger partial charge on any atom is -0.496 e. The maximum atomic E-state index is 12.7. The van der Waals surface area contributed by atoms with Gasteiger partial charge in [-0.25, -0.2) is 4.79 Å². The minimum atomic E-state index is -0.511. The van der Waals surface area contributed by atoms with E-state index in [4.69, 9.17) is 9.47 Å². The molecule has 1 aromatic heterocycles. The highest BCUT2D eigenvalue weighted by molar-refractivity contribution is 9.10. The Balaban J connectivity index is 1.80. The summed E-state index contributed by atoms with van der Waals surface area (Å²) >= 11 is 4.76. The van der Waals surface area contributed by atoms with Gasteiger partial charge in [-0.1, -0.05) is 34.1 Å². The van der Waals surface area contributed by atoms with E-state index < -0.39 is 5.97 Å². The van der Waals surface area contributed by atoms with E-state index in [2.05, 4.69) is 15.9 Å². The molecule has 5 nitrogen and oxygen atoms in total. The Labute approximate surface area is 175 Å². The first-order valence-corrected chi connectivity index (χ1v) is 10.1. The maximum Gasteiger partial charge on any atom is 0.340 e. The van der Waals surface area contributed by atoms with Gasteiger partial charge >= 0.3 is 5.97 Å². The van der Waals surface area contributed by atoms with Crippen molar-refractivity contribution in [2.75, 3.05) is 19.1 Å². The van der Waals surface area contributed by atoms with Gasteiger partial charge in [-0.3, -0.25) is 4.79 Å². The molecule has 0 bridgehead atoms. The Morgan fingerprint density at radius 3 is 2.61 bits per heavy atom. The molecule has 0 N–H and O–H groups in total. The maximum absolute atomic E-state index is 12.7. The highest BCUT2D eigenvalue weighted by Gasteiger charge is 2.21. The van der Waals surface area contributed by atoms with Crippen LogP contribution in [-0.4, -0.2) is 26.0 Å². The molecule has 0 saturated heterocycles. The van der Waals surface area contributed by atoms with Crippen LogP contribution in [0.25, 0.3) is 0 Å². The highest BCUT2D eigenvalue weighted by atomic mass is 79.9. The topological polar surface area (TPSA) is 55.8 Å². The van der Waals surface area contributed by atoms with E-state index in [1.807, 2.05) is 23.6 Å². The third-order valence-corrected chi connectivity index (χ3v) is 5.47. The molecule has 2 aromatic carbocycles. The fourth-order valence-electron chi connectivity index (χ4n) is 2.69. The lowest BCUT2D eigenvalue weighted by Gasteiger charge is -2.19. The molecule has 0 fully saturated rings. The lowest BCUT2D eigenvalue weighted by Crippen LogP contribution is -2.27. The number of nitrogens with zero attached hydrogens (tertiary/aromatic N) is 1. The lowest BCUT2D eigenvalue weighted by molar-refractivity contribution is 0.0471. The fraction of sp³-hybridized carbons (Fsp3) is 0.143. The Morgan fingerprint density at radius 1 is 1.11 bits per heavy atom. The molecule has 0 unspecified atom stereocenters. The van der Waals surface area contributed by atoms with Gasteiger partial charge in [-0.15, -0.1) is 11.3 Å². The second-order valence-corrected chi connectivity index (χ2v) is 7.75. The summed E-state index contributed by atoms with van der Waals surface area (Å²) in [5, 5.41) is 1.84. The number of thiophene rings is 1. The second-order valence-electron chi connectivity index (χ2n) is 5.89. The van der Waals surface area contributed by atoms with Gasteiger partial charge in [-0.2, -0.15) is 0 Å². The van der Waals surface area contributed by atoms with Crippen molar-refractivity contribution in [3.05, 3.63) is 80.5 Å². The van der Waals surface area contributed by atoms with Crippen LogP contribution in [0.3, 0.4) is 0 Å². The van der Waals surface area contributed by atoms with Gasteiger partial charge < -0.3 is 14.4 Å². The van der Waals surface area contributed by atoms with Crippen LogP contribution in [0.5, 0.6) is 5.75 Å². The van der Waals surface area contributed by atoms with Crippen molar-refractivity contribution in [1.82, 2.24) is 0 Å². The summed E-state index contributed by atoms with van der Waals surface area (Å²) in [6, 6.07) is 16.0. The zero-order valence-electron chi connectivity index (χ0n) is 15.3. The molecule has 0 saturated carbocycles. The number of amides is 1. The van der Waals surface area contributed by atoms with E-state index in [9.17, 15) is 9.59 Å². The van der Waals surface area contributed by atoms with Crippen LogP contribution >= 0.6 is 27.3 Å². The average molecular weight is 460 g/mol. The van der Waals surface area contributed by atoms with E-state index in [1.54, 1.807) is 50.6 Å². The number of halogens is 1. The van der Waals surface area contributed by atoms with E-state index >= 15 is 0 Å². The largest absolute Gasteiger partial charge is 0.496 e. The molecule has 1 amide bonds. The summed E-state index contributed by atoms with van der Waals surface area (Å²) in [4.78, 5) is 27.4. The number of ether oxygens (including phenoxy) is 2. The molecule has 0 aliphatic rings. The smallest absolute Gasteiger partial charge is 0.340 e. The summed E-state index contributed by atoms with van der Waals surface area (Å²) < 4.78 is 11.7. The molecule has 7 heteroatoms. The number of hydrogen-bond acceptors (Lipinski definition) is 5. The Bertz CT molecular complexity index is 988. The van der Waals surface area contributed by atoms with Gasteiger partial charge in [0, 0.05) is 17.1 Å². The molecule has 28 heavy (non-hydrogen) atoms. The molecule has 0 radical (unpaired) electrons. The summed E-state index contributed by atoms with van der Waals surface area (Å²) in [7, 11) is 3.21. The number of esters is 1. The summed E-state index contributed by atoms with van der Waals surface area (Å²) in [6.07, 6.45) is 0. The van der Waals surface area contributed by atoms with Crippen LogP contribution in [0.15, 0.2) is 64.5 Å². The fourth-order valence-corrected chi connectivity index (χ4v) is 3.80. The molecule has 0 aliphatic carbocycles. The number of carbonyl (C=O) groups excluding carboxylic acids is 2. The minimum absolute atomic E-state index is 0.0539. The summed E-state index contributed by atoms with van der Waals surface area (Å²) in [5.41, 5.74) is 1.56. The molecule has 0 atom stereocenters. The first-order valence-electron chi connectivity index (χ1n) is 8.41. The van der Waals surface area contributed by atoms with Crippen LogP contribution in [0.4, 0.5) is 5.69 Å². The predicted octanol–water partition coefficient (Wildman–Crippen LogP) is 5.15. The van der Waals surface area contributed by atoms with Crippen LogP contribution < -0.4 is 9.64 Å². The number of anilines is 1. The summed E-state index contributed by atoms with van der Waals surface area (Å²) in [6.45, 7) is 0.0539. The third-order valence-electron chi connectivity index (χ3n) is 4.12. The number of carbonyl (C=O) groups is 2. The van der Waals surface area contributed by atoms with Gasteiger partial charge in [0.1, 0.15) is 12.4 Å².